The minimum atomic E-state index is -0.761. The van der Waals surface area contributed by atoms with Gasteiger partial charge in [0.05, 0.1) is 23.6 Å². The topological polar surface area (TPSA) is 70.1 Å². The highest BCUT2D eigenvalue weighted by molar-refractivity contribution is 6.38. The smallest absolute Gasteiger partial charge is 0.309 e. The molecule has 198 valence electrons. The zero-order chi connectivity index (χ0) is 27.0. The number of rotatable bonds is 5. The van der Waals surface area contributed by atoms with Crippen LogP contribution < -0.4 is 4.74 Å². The molecule has 0 radical (unpaired) electrons. The van der Waals surface area contributed by atoms with Crippen LogP contribution in [0.15, 0.2) is 30.3 Å². The molecule has 2 fully saturated rings. The van der Waals surface area contributed by atoms with Gasteiger partial charge in [-0.25, -0.2) is 0 Å². The summed E-state index contributed by atoms with van der Waals surface area (Å²) in [7, 11) is 1.50. The fourth-order valence-electron chi connectivity index (χ4n) is 4.38. The lowest BCUT2D eigenvalue weighted by Crippen LogP contribution is -2.59. The molecule has 36 heavy (non-hydrogen) atoms. The molecule has 1 atom stereocenters. The number of aliphatic carboxylic acids is 1. The Kier molecular flexibility index (Phi) is 11.8. The summed E-state index contributed by atoms with van der Waals surface area (Å²) in [5.41, 5.74) is 1.64. The number of methoxy groups -OCH3 is 1. The minimum absolute atomic E-state index is 0.155. The van der Waals surface area contributed by atoms with E-state index in [-0.39, 0.29) is 17.9 Å². The molecule has 2 saturated heterocycles. The van der Waals surface area contributed by atoms with Gasteiger partial charge in [0, 0.05) is 59.5 Å². The van der Waals surface area contributed by atoms with Gasteiger partial charge in [-0.15, -0.1) is 0 Å². The summed E-state index contributed by atoms with van der Waals surface area (Å²) in [6.07, 6.45) is 1.80. The molecule has 9 heteroatoms. The molecule has 2 aliphatic heterocycles. The zero-order valence-electron chi connectivity index (χ0n) is 21.5. The molecule has 1 N–H and O–H groups in total. The molecule has 0 aliphatic carbocycles. The summed E-state index contributed by atoms with van der Waals surface area (Å²) < 4.78 is 5.46. The fourth-order valence-corrected chi connectivity index (χ4v) is 5.02. The maximum atomic E-state index is 13.5. The van der Waals surface area contributed by atoms with Crippen molar-refractivity contribution < 1.29 is 19.4 Å². The lowest BCUT2D eigenvalue weighted by Gasteiger charge is -2.46. The van der Waals surface area contributed by atoms with Crippen LogP contribution >= 0.6 is 34.8 Å². The van der Waals surface area contributed by atoms with Gasteiger partial charge in [-0.05, 0) is 37.1 Å². The molecule has 2 aromatic carbocycles. The summed E-state index contributed by atoms with van der Waals surface area (Å²) in [5.74, 6) is -0.845. The number of likely N-dealkylation sites (tertiary alicyclic amines) is 2. The third kappa shape index (κ3) is 6.86. The Hall–Kier alpha value is -1.99. The third-order valence-corrected chi connectivity index (χ3v) is 7.07. The van der Waals surface area contributed by atoms with Crippen molar-refractivity contribution in [3.05, 3.63) is 51.0 Å². The fraction of sp³-hybridized carbons (Fsp3) is 0.481. The van der Waals surface area contributed by atoms with Crippen LogP contribution in [-0.4, -0.2) is 66.1 Å². The van der Waals surface area contributed by atoms with Crippen LogP contribution in [0.4, 0.5) is 0 Å². The summed E-state index contributed by atoms with van der Waals surface area (Å²) in [4.78, 5) is 28.6. The van der Waals surface area contributed by atoms with Gasteiger partial charge in [-0.1, -0.05) is 62.5 Å². The number of carbonyl (C=O) groups is 2. The van der Waals surface area contributed by atoms with Crippen LogP contribution in [-0.2, 0) is 4.79 Å². The zero-order valence-corrected chi connectivity index (χ0v) is 23.8. The van der Waals surface area contributed by atoms with E-state index in [1.807, 2.05) is 27.7 Å². The first kappa shape index (κ1) is 30.2. The van der Waals surface area contributed by atoms with Crippen LogP contribution in [0.1, 0.15) is 50.9 Å². The standard InChI is InChI=1S/C23H23Cl3N2O4.2C2H6/c1-32-21-9-20(26)17(16-7-14(24)4-5-19(16)25)8-18(21)22(29)27-6-2-3-15(12-27)28-10-13(11-28)23(30)31;2*1-2/h4-5,7-9,13,15H,2-3,6,10-12H2,1H3,(H,30,31);2*1-2H3. The molecule has 1 unspecified atom stereocenters. The van der Waals surface area contributed by atoms with E-state index in [0.717, 1.165) is 12.8 Å². The first-order chi connectivity index (χ1) is 17.3. The Morgan fingerprint density at radius 3 is 2.19 bits per heavy atom. The minimum Gasteiger partial charge on any atom is -0.496 e. The van der Waals surface area contributed by atoms with Crippen LogP contribution in [0.5, 0.6) is 5.75 Å². The van der Waals surface area contributed by atoms with E-state index in [0.29, 0.717) is 63.7 Å². The number of hydrogen-bond donors (Lipinski definition) is 1. The second kappa shape index (κ2) is 14.1. The first-order valence-corrected chi connectivity index (χ1v) is 13.5. The van der Waals surface area contributed by atoms with E-state index >= 15 is 0 Å². The second-order valence-corrected chi connectivity index (χ2v) is 9.44. The molecular formula is C27H35Cl3N2O4. The largest absolute Gasteiger partial charge is 0.496 e. The normalized spacial score (nSPS) is 17.7. The number of halogens is 3. The van der Waals surface area contributed by atoms with Crippen LogP contribution in [0.25, 0.3) is 11.1 Å². The Bertz CT molecular complexity index is 1060. The Labute approximate surface area is 229 Å². The number of carboxylic acids is 1. The van der Waals surface area contributed by atoms with Gasteiger partial charge >= 0.3 is 5.97 Å². The van der Waals surface area contributed by atoms with Crippen molar-refractivity contribution in [2.45, 2.75) is 46.6 Å². The van der Waals surface area contributed by atoms with E-state index in [2.05, 4.69) is 4.90 Å². The average molecular weight is 558 g/mol. The maximum Gasteiger partial charge on any atom is 0.309 e. The van der Waals surface area contributed by atoms with Crippen molar-refractivity contribution in [2.24, 2.45) is 5.92 Å². The van der Waals surface area contributed by atoms with E-state index in [1.165, 1.54) is 7.11 Å². The first-order valence-electron chi connectivity index (χ1n) is 12.4. The highest BCUT2D eigenvalue weighted by atomic mass is 35.5. The molecule has 2 aliphatic rings. The van der Waals surface area contributed by atoms with Gasteiger partial charge in [0.2, 0.25) is 0 Å². The number of amides is 1. The Morgan fingerprint density at radius 2 is 1.58 bits per heavy atom. The lowest BCUT2D eigenvalue weighted by atomic mass is 9.93. The maximum absolute atomic E-state index is 13.5. The number of hydrogen-bond acceptors (Lipinski definition) is 4. The molecule has 4 rings (SSSR count). The highest BCUT2D eigenvalue weighted by Gasteiger charge is 2.39. The molecule has 0 bridgehead atoms. The monoisotopic (exact) mass is 556 g/mol. The molecule has 0 saturated carbocycles. The van der Waals surface area contributed by atoms with Crippen molar-refractivity contribution >= 4 is 46.7 Å². The number of carbonyl (C=O) groups excluding carboxylic acids is 1. The van der Waals surface area contributed by atoms with E-state index < -0.39 is 5.97 Å². The molecule has 6 nitrogen and oxygen atoms in total. The summed E-state index contributed by atoms with van der Waals surface area (Å²) in [5, 5.41) is 10.5. The number of carboxylic acid groups (broad SMARTS) is 1. The van der Waals surface area contributed by atoms with Gasteiger partial charge in [0.1, 0.15) is 5.75 Å². The van der Waals surface area contributed by atoms with Crippen molar-refractivity contribution in [1.29, 1.82) is 0 Å². The predicted octanol–water partition coefficient (Wildman–Crippen LogP) is 7.00. The van der Waals surface area contributed by atoms with Crippen molar-refractivity contribution in [1.82, 2.24) is 9.80 Å². The summed E-state index contributed by atoms with van der Waals surface area (Å²) in [6, 6.07) is 8.57. The summed E-state index contributed by atoms with van der Waals surface area (Å²) >= 11 is 19.0. The molecule has 0 aromatic heterocycles. The molecule has 2 heterocycles. The highest BCUT2D eigenvalue weighted by Crippen LogP contribution is 2.39. The van der Waals surface area contributed by atoms with Gasteiger partial charge in [0.15, 0.2) is 0 Å². The van der Waals surface area contributed by atoms with Gasteiger partial charge in [-0.2, -0.15) is 0 Å². The Morgan fingerprint density at radius 1 is 0.944 bits per heavy atom. The van der Waals surface area contributed by atoms with E-state index in [9.17, 15) is 9.59 Å². The predicted molar refractivity (Wildman–Crippen MR) is 148 cm³/mol. The number of ether oxygens (including phenoxy) is 1. The average Bonchev–Trinajstić information content (AvgIpc) is 2.86. The third-order valence-electron chi connectivity index (χ3n) is 6.20. The number of benzene rings is 2. The molecule has 1 amide bonds. The van der Waals surface area contributed by atoms with Gasteiger partial charge in [0.25, 0.3) is 5.91 Å². The van der Waals surface area contributed by atoms with E-state index in [1.54, 1.807) is 35.2 Å². The SMILES string of the molecule is CC.CC.COc1cc(Cl)c(-c2cc(Cl)ccc2Cl)cc1C(=O)N1CCCC(N2CC(C(=O)O)C2)C1. The second-order valence-electron chi connectivity index (χ2n) is 8.19. The van der Waals surface area contributed by atoms with Crippen LogP contribution in [0.2, 0.25) is 15.1 Å². The molecule has 2 aromatic rings. The van der Waals surface area contributed by atoms with Crippen molar-refractivity contribution in [3.63, 3.8) is 0 Å². The number of nitrogens with zero attached hydrogens (tertiary/aromatic N) is 2. The van der Waals surface area contributed by atoms with Crippen LogP contribution in [0, 0.1) is 5.92 Å². The quantitative estimate of drug-likeness (QED) is 0.429. The summed E-state index contributed by atoms with van der Waals surface area (Å²) in [6.45, 7) is 10.2. The molecule has 0 spiro atoms. The van der Waals surface area contributed by atoms with Gasteiger partial charge in [-0.3, -0.25) is 14.5 Å². The van der Waals surface area contributed by atoms with Gasteiger partial charge < -0.3 is 14.7 Å². The van der Waals surface area contributed by atoms with E-state index in [4.69, 9.17) is 44.6 Å². The number of piperidine rings is 1. The lowest BCUT2D eigenvalue weighted by molar-refractivity contribution is -0.149. The Balaban J connectivity index is 0.00000109. The van der Waals surface area contributed by atoms with Crippen molar-refractivity contribution in [3.8, 4) is 16.9 Å². The molecular weight excluding hydrogens is 523 g/mol. The van der Waals surface area contributed by atoms with Crippen LogP contribution in [0.3, 0.4) is 0 Å². The van der Waals surface area contributed by atoms with Crippen molar-refractivity contribution in [2.75, 3.05) is 33.3 Å².